The average molecular weight is 338 g/mol. The summed E-state index contributed by atoms with van der Waals surface area (Å²) < 4.78 is 0. The van der Waals surface area contributed by atoms with Crippen molar-refractivity contribution in [3.05, 3.63) is 34.9 Å². The standard InChI is InChI=1S/C18H28ClN3O/c1-14(2)21(3)13-18(23)20-17-8-10-22(11-9-17)12-15-4-6-16(19)7-5-15/h4-7,14,17H,8-13H2,1-3H3,(H,20,23). The van der Waals surface area contributed by atoms with Crippen molar-refractivity contribution in [1.82, 2.24) is 15.1 Å². The number of nitrogens with zero attached hydrogens (tertiary/aromatic N) is 2. The van der Waals surface area contributed by atoms with E-state index in [-0.39, 0.29) is 5.91 Å². The van der Waals surface area contributed by atoms with E-state index in [4.69, 9.17) is 11.6 Å². The van der Waals surface area contributed by atoms with Crippen LogP contribution >= 0.6 is 11.6 Å². The molecule has 1 aromatic carbocycles. The lowest BCUT2D eigenvalue weighted by Crippen LogP contribution is -2.47. The summed E-state index contributed by atoms with van der Waals surface area (Å²) in [6, 6.07) is 8.74. The summed E-state index contributed by atoms with van der Waals surface area (Å²) in [6.45, 7) is 7.67. The van der Waals surface area contributed by atoms with E-state index in [0.29, 0.717) is 18.6 Å². The van der Waals surface area contributed by atoms with Gasteiger partial charge in [-0.2, -0.15) is 0 Å². The van der Waals surface area contributed by atoms with Gasteiger partial charge >= 0.3 is 0 Å². The van der Waals surface area contributed by atoms with Gasteiger partial charge < -0.3 is 5.32 Å². The Morgan fingerprint density at radius 1 is 1.30 bits per heavy atom. The zero-order chi connectivity index (χ0) is 16.8. The number of piperidine rings is 1. The fourth-order valence-electron chi connectivity index (χ4n) is 2.77. The first-order valence-electron chi connectivity index (χ1n) is 8.40. The van der Waals surface area contributed by atoms with Gasteiger partial charge in [-0.1, -0.05) is 23.7 Å². The highest BCUT2D eigenvalue weighted by atomic mass is 35.5. The van der Waals surface area contributed by atoms with Crippen LogP contribution in [0.15, 0.2) is 24.3 Å². The first-order chi connectivity index (χ1) is 10.9. The molecule has 0 atom stereocenters. The van der Waals surface area contributed by atoms with Gasteiger partial charge in [-0.25, -0.2) is 0 Å². The minimum atomic E-state index is 0.136. The molecule has 1 fully saturated rings. The van der Waals surface area contributed by atoms with Crippen molar-refractivity contribution in [3.8, 4) is 0 Å². The molecule has 1 heterocycles. The molecule has 0 spiro atoms. The Morgan fingerprint density at radius 2 is 1.91 bits per heavy atom. The van der Waals surface area contributed by atoms with E-state index in [2.05, 4.69) is 41.1 Å². The van der Waals surface area contributed by atoms with E-state index in [9.17, 15) is 4.79 Å². The van der Waals surface area contributed by atoms with Crippen molar-refractivity contribution in [2.45, 2.75) is 45.3 Å². The smallest absolute Gasteiger partial charge is 0.234 e. The van der Waals surface area contributed by atoms with E-state index in [1.807, 2.05) is 19.2 Å². The van der Waals surface area contributed by atoms with Crippen LogP contribution in [0.3, 0.4) is 0 Å². The first-order valence-corrected chi connectivity index (χ1v) is 8.78. The number of nitrogens with one attached hydrogen (secondary N) is 1. The zero-order valence-corrected chi connectivity index (χ0v) is 15.1. The molecule has 1 aliphatic rings. The van der Waals surface area contributed by atoms with Crippen LogP contribution < -0.4 is 5.32 Å². The van der Waals surface area contributed by atoms with Gasteiger partial charge in [0.05, 0.1) is 6.54 Å². The summed E-state index contributed by atoms with van der Waals surface area (Å²) >= 11 is 5.92. The van der Waals surface area contributed by atoms with Gasteiger partial charge in [-0.3, -0.25) is 14.6 Å². The zero-order valence-electron chi connectivity index (χ0n) is 14.4. The number of hydrogen-bond acceptors (Lipinski definition) is 3. The quantitative estimate of drug-likeness (QED) is 0.867. The summed E-state index contributed by atoms with van der Waals surface area (Å²) in [5.41, 5.74) is 1.29. The largest absolute Gasteiger partial charge is 0.352 e. The lowest BCUT2D eigenvalue weighted by molar-refractivity contribution is -0.123. The van der Waals surface area contributed by atoms with Gasteiger partial charge in [-0.05, 0) is 51.4 Å². The second kappa shape index (κ2) is 8.67. The fraction of sp³-hybridized carbons (Fsp3) is 0.611. The molecule has 2 rings (SSSR count). The van der Waals surface area contributed by atoms with Gasteiger partial charge in [-0.15, -0.1) is 0 Å². The van der Waals surface area contributed by atoms with Crippen LogP contribution in [-0.2, 0) is 11.3 Å². The van der Waals surface area contributed by atoms with E-state index in [0.717, 1.165) is 37.5 Å². The number of amides is 1. The molecule has 23 heavy (non-hydrogen) atoms. The Morgan fingerprint density at radius 3 is 2.48 bits per heavy atom. The van der Waals surface area contributed by atoms with Crippen molar-refractivity contribution < 1.29 is 4.79 Å². The molecule has 0 aromatic heterocycles. The average Bonchev–Trinajstić information content (AvgIpc) is 2.51. The van der Waals surface area contributed by atoms with Gasteiger partial charge in [0.2, 0.25) is 5.91 Å². The van der Waals surface area contributed by atoms with E-state index >= 15 is 0 Å². The Balaban J connectivity index is 1.71. The summed E-state index contributed by atoms with van der Waals surface area (Å²) in [5.74, 6) is 0.136. The summed E-state index contributed by atoms with van der Waals surface area (Å²) in [7, 11) is 1.99. The van der Waals surface area contributed by atoms with Gasteiger partial charge in [0.15, 0.2) is 0 Å². The molecule has 1 amide bonds. The molecule has 0 bridgehead atoms. The number of rotatable bonds is 6. The molecule has 1 aliphatic heterocycles. The first kappa shape index (κ1) is 18.2. The maximum Gasteiger partial charge on any atom is 0.234 e. The highest BCUT2D eigenvalue weighted by molar-refractivity contribution is 6.30. The second-order valence-electron chi connectivity index (χ2n) is 6.75. The predicted octanol–water partition coefficient (Wildman–Crippen LogP) is 2.76. The van der Waals surface area contributed by atoms with Crippen LogP contribution in [0.2, 0.25) is 5.02 Å². The van der Waals surface area contributed by atoms with Crippen LogP contribution in [0.4, 0.5) is 0 Å². The Kier molecular flexibility index (Phi) is 6.88. The summed E-state index contributed by atoms with van der Waals surface area (Å²) in [6.07, 6.45) is 2.04. The number of carbonyl (C=O) groups is 1. The number of halogens is 1. The molecule has 1 aromatic rings. The van der Waals surface area contributed by atoms with E-state index < -0.39 is 0 Å². The van der Waals surface area contributed by atoms with Crippen LogP contribution in [0.1, 0.15) is 32.3 Å². The van der Waals surface area contributed by atoms with Gasteiger partial charge in [0.25, 0.3) is 0 Å². The van der Waals surface area contributed by atoms with Gasteiger partial charge in [0, 0.05) is 36.7 Å². The third kappa shape index (κ3) is 6.13. The van der Waals surface area contributed by atoms with Crippen molar-refractivity contribution in [3.63, 3.8) is 0 Å². The molecule has 0 aliphatic carbocycles. The lowest BCUT2D eigenvalue weighted by atomic mass is 10.0. The van der Waals surface area contributed by atoms with Gasteiger partial charge in [0.1, 0.15) is 0 Å². The summed E-state index contributed by atoms with van der Waals surface area (Å²) in [5, 5.41) is 3.95. The number of likely N-dealkylation sites (tertiary alicyclic amines) is 1. The van der Waals surface area contributed by atoms with E-state index in [1.54, 1.807) is 0 Å². The van der Waals surface area contributed by atoms with Crippen LogP contribution in [0, 0.1) is 0 Å². The molecule has 1 saturated heterocycles. The summed E-state index contributed by atoms with van der Waals surface area (Å²) in [4.78, 5) is 16.5. The molecule has 0 unspecified atom stereocenters. The molecule has 1 N–H and O–H groups in total. The monoisotopic (exact) mass is 337 g/mol. The maximum atomic E-state index is 12.1. The van der Waals surface area contributed by atoms with Crippen molar-refractivity contribution in [2.24, 2.45) is 0 Å². The van der Waals surface area contributed by atoms with Crippen molar-refractivity contribution in [1.29, 1.82) is 0 Å². The molecule has 0 radical (unpaired) electrons. The fourth-order valence-corrected chi connectivity index (χ4v) is 2.89. The molecule has 4 nitrogen and oxygen atoms in total. The highest BCUT2D eigenvalue weighted by Crippen LogP contribution is 2.16. The Hall–Kier alpha value is -1.10. The molecular formula is C18H28ClN3O. The van der Waals surface area contributed by atoms with Crippen molar-refractivity contribution >= 4 is 17.5 Å². The SMILES string of the molecule is CC(C)N(C)CC(=O)NC1CCN(Cc2ccc(Cl)cc2)CC1. The molecule has 128 valence electrons. The highest BCUT2D eigenvalue weighted by Gasteiger charge is 2.21. The minimum absolute atomic E-state index is 0.136. The van der Waals surface area contributed by atoms with Crippen molar-refractivity contribution in [2.75, 3.05) is 26.7 Å². The second-order valence-corrected chi connectivity index (χ2v) is 7.19. The lowest BCUT2D eigenvalue weighted by Gasteiger charge is -2.33. The topological polar surface area (TPSA) is 35.6 Å². The van der Waals surface area contributed by atoms with E-state index in [1.165, 1.54) is 5.56 Å². The number of benzene rings is 1. The Labute approximate surface area is 144 Å². The molecule has 5 heteroatoms. The third-order valence-electron chi connectivity index (χ3n) is 4.55. The normalized spacial score (nSPS) is 17.0. The molecular weight excluding hydrogens is 310 g/mol. The van der Waals surface area contributed by atoms with Crippen LogP contribution in [-0.4, -0.2) is 54.5 Å². The number of likely N-dealkylation sites (N-methyl/N-ethyl adjacent to an activating group) is 1. The predicted molar refractivity (Wildman–Crippen MR) is 95.7 cm³/mol. The third-order valence-corrected chi connectivity index (χ3v) is 4.80. The van der Waals surface area contributed by atoms with Crippen LogP contribution in [0.25, 0.3) is 0 Å². The number of carbonyl (C=O) groups excluding carboxylic acids is 1. The maximum absolute atomic E-state index is 12.1. The molecule has 0 saturated carbocycles. The van der Waals surface area contributed by atoms with Crippen LogP contribution in [0.5, 0.6) is 0 Å². The Bertz CT molecular complexity index is 495. The number of hydrogen-bond donors (Lipinski definition) is 1. The minimum Gasteiger partial charge on any atom is -0.352 e.